The predicted octanol–water partition coefficient (Wildman–Crippen LogP) is 11.7. The summed E-state index contributed by atoms with van der Waals surface area (Å²) in [5.74, 6) is 1.91. The molecule has 0 aliphatic heterocycles. The zero-order valence-corrected chi connectivity index (χ0v) is 22.1. The van der Waals surface area contributed by atoms with Crippen molar-refractivity contribution in [2.24, 2.45) is 11.8 Å². The Bertz CT molecular complexity index is 294. The molecule has 0 rings (SSSR count). The highest BCUT2D eigenvalue weighted by Gasteiger charge is 2.05. The molecule has 0 saturated carbocycles. The minimum atomic E-state index is 0.951. The normalized spacial score (nSPS) is 13.6. The van der Waals surface area contributed by atoms with Gasteiger partial charge in [-0.3, -0.25) is 0 Å². The van der Waals surface area contributed by atoms with E-state index < -0.39 is 0 Å². The van der Waals surface area contributed by atoms with Crippen molar-refractivity contribution in [3.63, 3.8) is 0 Å². The Hall–Kier alpha value is 0. The largest absolute Gasteiger partial charge is 0.0654 e. The SMILES string of the molecule is CCCCCCCCCCCCCCCCCCCCC(C)CCCC(C)CCC. The highest BCUT2D eigenvalue weighted by Crippen LogP contribution is 2.21. The van der Waals surface area contributed by atoms with Gasteiger partial charge in [-0.1, -0.05) is 182 Å². The van der Waals surface area contributed by atoms with Crippen LogP contribution in [-0.2, 0) is 0 Å². The molecule has 0 aromatic rings. The van der Waals surface area contributed by atoms with Crippen molar-refractivity contribution in [1.82, 2.24) is 0 Å². The smallest absolute Gasteiger partial charge is 0.0443 e. The molecule has 0 saturated heterocycles. The highest BCUT2D eigenvalue weighted by atomic mass is 14.1. The Kier molecular flexibility index (Phi) is 25.3. The van der Waals surface area contributed by atoms with Crippen LogP contribution >= 0.6 is 0 Å². The lowest BCUT2D eigenvalue weighted by Crippen LogP contribution is -1.99. The van der Waals surface area contributed by atoms with Gasteiger partial charge in [0, 0.05) is 0 Å². The van der Waals surface area contributed by atoms with Crippen LogP contribution in [0.15, 0.2) is 0 Å². The van der Waals surface area contributed by atoms with Crippen LogP contribution in [0.4, 0.5) is 0 Å². The summed E-state index contributed by atoms with van der Waals surface area (Å²) in [4.78, 5) is 0. The predicted molar refractivity (Wildman–Crippen MR) is 140 cm³/mol. The average Bonchev–Trinajstić information content (AvgIpc) is 2.73. The number of hydrogen-bond donors (Lipinski definition) is 0. The molecule has 0 aromatic carbocycles. The van der Waals surface area contributed by atoms with Gasteiger partial charge in [-0.15, -0.1) is 0 Å². The van der Waals surface area contributed by atoms with E-state index in [0.29, 0.717) is 0 Å². The fourth-order valence-electron chi connectivity index (χ4n) is 4.99. The Morgan fingerprint density at radius 1 is 0.300 bits per heavy atom. The van der Waals surface area contributed by atoms with Gasteiger partial charge in [0.25, 0.3) is 0 Å². The summed E-state index contributed by atoms with van der Waals surface area (Å²) < 4.78 is 0. The Morgan fingerprint density at radius 2 is 0.600 bits per heavy atom. The molecule has 0 aromatic heterocycles. The third-order valence-electron chi connectivity index (χ3n) is 7.23. The van der Waals surface area contributed by atoms with Crippen LogP contribution in [0.3, 0.4) is 0 Å². The van der Waals surface area contributed by atoms with E-state index in [9.17, 15) is 0 Å². The second kappa shape index (κ2) is 25.3. The summed E-state index contributed by atoms with van der Waals surface area (Å²) in [7, 11) is 0. The number of rotatable bonds is 25. The van der Waals surface area contributed by atoms with E-state index >= 15 is 0 Å². The van der Waals surface area contributed by atoms with Crippen LogP contribution in [0.5, 0.6) is 0 Å². The average molecular weight is 423 g/mol. The minimum absolute atomic E-state index is 0.951. The van der Waals surface area contributed by atoms with E-state index in [1.165, 1.54) is 154 Å². The van der Waals surface area contributed by atoms with Gasteiger partial charge in [0.2, 0.25) is 0 Å². The molecule has 30 heavy (non-hydrogen) atoms. The molecule has 0 heterocycles. The van der Waals surface area contributed by atoms with Crippen molar-refractivity contribution in [2.45, 2.75) is 182 Å². The van der Waals surface area contributed by atoms with Crippen LogP contribution in [0.2, 0.25) is 0 Å². The van der Waals surface area contributed by atoms with Crippen molar-refractivity contribution in [2.75, 3.05) is 0 Å². The van der Waals surface area contributed by atoms with E-state index in [0.717, 1.165) is 11.8 Å². The molecule has 0 heteroatoms. The Balaban J connectivity index is 3.14. The molecule has 0 N–H and O–H groups in total. The van der Waals surface area contributed by atoms with Gasteiger partial charge >= 0.3 is 0 Å². The highest BCUT2D eigenvalue weighted by molar-refractivity contribution is 4.58. The number of unbranched alkanes of at least 4 members (excludes halogenated alkanes) is 17. The summed E-state index contributed by atoms with van der Waals surface area (Å²) >= 11 is 0. The second-order valence-electron chi connectivity index (χ2n) is 10.7. The number of hydrogen-bond acceptors (Lipinski definition) is 0. The topological polar surface area (TPSA) is 0 Å². The van der Waals surface area contributed by atoms with Crippen molar-refractivity contribution in [1.29, 1.82) is 0 Å². The lowest BCUT2D eigenvalue weighted by molar-refractivity contribution is 0.398. The molecule has 2 unspecified atom stereocenters. The maximum Gasteiger partial charge on any atom is -0.0443 e. The molecule has 0 bridgehead atoms. The molecule has 0 aliphatic carbocycles. The molecule has 0 nitrogen and oxygen atoms in total. The van der Waals surface area contributed by atoms with Crippen molar-refractivity contribution < 1.29 is 0 Å². The first-order valence-electron chi connectivity index (χ1n) is 14.7. The van der Waals surface area contributed by atoms with E-state index in [1.54, 1.807) is 0 Å². The minimum Gasteiger partial charge on any atom is -0.0654 e. The van der Waals surface area contributed by atoms with Gasteiger partial charge in [-0.05, 0) is 11.8 Å². The molecular weight excluding hydrogens is 360 g/mol. The fraction of sp³-hybridized carbons (Fsp3) is 1.00. The molecule has 0 spiro atoms. The van der Waals surface area contributed by atoms with Crippen molar-refractivity contribution >= 4 is 0 Å². The molecular formula is C30H62. The van der Waals surface area contributed by atoms with Crippen LogP contribution in [0.1, 0.15) is 182 Å². The van der Waals surface area contributed by atoms with Crippen LogP contribution in [-0.4, -0.2) is 0 Å². The zero-order valence-electron chi connectivity index (χ0n) is 22.1. The lowest BCUT2D eigenvalue weighted by atomic mass is 9.93. The van der Waals surface area contributed by atoms with Gasteiger partial charge in [-0.2, -0.15) is 0 Å². The maximum absolute atomic E-state index is 2.48. The van der Waals surface area contributed by atoms with Crippen LogP contribution < -0.4 is 0 Å². The molecule has 0 amide bonds. The molecule has 0 fully saturated rings. The monoisotopic (exact) mass is 422 g/mol. The van der Waals surface area contributed by atoms with Gasteiger partial charge in [0.15, 0.2) is 0 Å². The third kappa shape index (κ3) is 24.3. The summed E-state index contributed by atoms with van der Waals surface area (Å²) in [5, 5.41) is 0. The lowest BCUT2D eigenvalue weighted by Gasteiger charge is -2.13. The zero-order chi connectivity index (χ0) is 22.1. The molecule has 2 atom stereocenters. The molecule has 0 aliphatic rings. The Labute approximate surface area is 193 Å². The Morgan fingerprint density at radius 3 is 0.967 bits per heavy atom. The van der Waals surface area contributed by atoms with Gasteiger partial charge in [0.1, 0.15) is 0 Å². The third-order valence-corrected chi connectivity index (χ3v) is 7.23. The van der Waals surface area contributed by atoms with Crippen LogP contribution in [0.25, 0.3) is 0 Å². The fourth-order valence-corrected chi connectivity index (χ4v) is 4.99. The second-order valence-corrected chi connectivity index (χ2v) is 10.7. The van der Waals surface area contributed by atoms with E-state index in [2.05, 4.69) is 27.7 Å². The van der Waals surface area contributed by atoms with E-state index in [1.807, 2.05) is 0 Å². The first kappa shape index (κ1) is 30.0. The van der Waals surface area contributed by atoms with Crippen molar-refractivity contribution in [3.8, 4) is 0 Å². The van der Waals surface area contributed by atoms with E-state index in [-0.39, 0.29) is 0 Å². The summed E-state index contributed by atoms with van der Waals surface area (Å²) in [6.07, 6.45) is 35.2. The molecule has 0 radical (unpaired) electrons. The summed E-state index contributed by atoms with van der Waals surface area (Å²) in [6.45, 7) is 9.54. The summed E-state index contributed by atoms with van der Waals surface area (Å²) in [6, 6.07) is 0. The van der Waals surface area contributed by atoms with Crippen LogP contribution in [0, 0.1) is 11.8 Å². The van der Waals surface area contributed by atoms with Gasteiger partial charge in [0.05, 0.1) is 0 Å². The first-order chi connectivity index (χ1) is 14.7. The first-order valence-corrected chi connectivity index (χ1v) is 14.7. The standard InChI is InChI=1S/C30H62/c1-5-7-8-9-10-11-12-13-14-15-16-17-18-19-20-21-22-23-26-30(4)28-24-27-29(3)25-6-2/h29-30H,5-28H2,1-4H3. The van der Waals surface area contributed by atoms with Crippen molar-refractivity contribution in [3.05, 3.63) is 0 Å². The quantitative estimate of drug-likeness (QED) is 0.128. The molecule has 182 valence electrons. The maximum atomic E-state index is 2.48. The van der Waals surface area contributed by atoms with E-state index in [4.69, 9.17) is 0 Å². The van der Waals surface area contributed by atoms with Gasteiger partial charge in [-0.25, -0.2) is 0 Å². The summed E-state index contributed by atoms with van der Waals surface area (Å²) in [5.41, 5.74) is 0. The van der Waals surface area contributed by atoms with Gasteiger partial charge < -0.3 is 0 Å².